The van der Waals surface area contributed by atoms with Crippen molar-refractivity contribution in [3.63, 3.8) is 0 Å². The van der Waals surface area contributed by atoms with Crippen LogP contribution in [0, 0.1) is 5.92 Å². The second kappa shape index (κ2) is 9.63. The van der Waals surface area contributed by atoms with Crippen molar-refractivity contribution >= 4 is 18.0 Å². The summed E-state index contributed by atoms with van der Waals surface area (Å²) < 4.78 is 0. The van der Waals surface area contributed by atoms with Crippen LogP contribution in [0.5, 0.6) is 0 Å². The second-order valence-electron chi connectivity index (χ2n) is 6.18. The topological polar surface area (TPSA) is 127 Å². The van der Waals surface area contributed by atoms with E-state index in [1.807, 2.05) is 13.8 Å². The molecule has 0 radical (unpaired) electrons. The van der Waals surface area contributed by atoms with Gasteiger partial charge in [-0.05, 0) is 11.5 Å². The van der Waals surface area contributed by atoms with Crippen molar-refractivity contribution in [1.29, 1.82) is 0 Å². The van der Waals surface area contributed by atoms with E-state index in [1.165, 1.54) is 0 Å². The Morgan fingerprint density at radius 3 is 2.12 bits per heavy atom. The summed E-state index contributed by atoms with van der Waals surface area (Å²) in [5.74, 6) is -2.62. The molecule has 0 aliphatic carbocycles. The molecule has 1 aromatic carbocycles. The maximum absolute atomic E-state index is 12.4. The summed E-state index contributed by atoms with van der Waals surface area (Å²) in [5.41, 5.74) is 0.746. The van der Waals surface area contributed by atoms with Crippen LogP contribution in [0.4, 0.5) is 4.79 Å². The summed E-state index contributed by atoms with van der Waals surface area (Å²) in [5, 5.41) is 30.0. The first kappa shape index (κ1) is 20.4. The van der Waals surface area contributed by atoms with Crippen LogP contribution in [-0.2, 0) is 16.0 Å². The normalized spacial score (nSPS) is 13.1. The quantitative estimate of drug-likeness (QED) is 0.520. The molecule has 0 heterocycles. The zero-order chi connectivity index (χ0) is 19.0. The number of carbonyl (C=O) groups excluding carboxylic acids is 1. The first-order valence-corrected chi connectivity index (χ1v) is 7.93. The van der Waals surface area contributed by atoms with Gasteiger partial charge in [0.2, 0.25) is 0 Å². The smallest absolute Gasteiger partial charge is 0.334 e. The molecule has 2 atom stereocenters. The van der Waals surface area contributed by atoms with E-state index in [9.17, 15) is 24.6 Å². The van der Waals surface area contributed by atoms with Gasteiger partial charge < -0.3 is 25.5 Å². The fraction of sp³-hybridized carbons (Fsp3) is 0.471. The van der Waals surface area contributed by atoms with E-state index in [4.69, 9.17) is 5.11 Å². The van der Waals surface area contributed by atoms with Crippen molar-refractivity contribution in [3.8, 4) is 0 Å². The molecule has 0 saturated carbocycles. The number of aliphatic hydroxyl groups is 1. The molecule has 0 aliphatic rings. The number of carboxylic acids is 2. The summed E-state index contributed by atoms with van der Waals surface area (Å²) >= 11 is 0. The van der Waals surface area contributed by atoms with E-state index in [0.29, 0.717) is 0 Å². The highest BCUT2D eigenvalue weighted by atomic mass is 16.4. The van der Waals surface area contributed by atoms with E-state index in [-0.39, 0.29) is 18.9 Å². The number of hydrogen-bond donors (Lipinski definition) is 4. The number of nitrogens with zero attached hydrogens (tertiary/aromatic N) is 1. The molecule has 0 fully saturated rings. The Morgan fingerprint density at radius 2 is 1.64 bits per heavy atom. The van der Waals surface area contributed by atoms with Crippen LogP contribution in [0.15, 0.2) is 30.3 Å². The summed E-state index contributed by atoms with van der Waals surface area (Å²) in [6, 6.07) is 6.96. The minimum Gasteiger partial charge on any atom is -0.480 e. The van der Waals surface area contributed by atoms with Crippen LogP contribution in [0.3, 0.4) is 0 Å². The highest BCUT2D eigenvalue weighted by Crippen LogP contribution is 2.06. The van der Waals surface area contributed by atoms with Gasteiger partial charge in [-0.3, -0.25) is 0 Å². The van der Waals surface area contributed by atoms with E-state index in [0.717, 1.165) is 10.5 Å². The van der Waals surface area contributed by atoms with Crippen molar-refractivity contribution in [2.45, 2.75) is 32.4 Å². The van der Waals surface area contributed by atoms with E-state index < -0.39 is 36.7 Å². The average Bonchev–Trinajstić information content (AvgIpc) is 2.53. The molecule has 8 heteroatoms. The Morgan fingerprint density at radius 1 is 1.04 bits per heavy atom. The highest BCUT2D eigenvalue weighted by Gasteiger charge is 2.27. The molecule has 138 valence electrons. The largest absolute Gasteiger partial charge is 0.480 e. The van der Waals surface area contributed by atoms with Gasteiger partial charge in [0.15, 0.2) is 6.10 Å². The van der Waals surface area contributed by atoms with Crippen LogP contribution in [0.2, 0.25) is 0 Å². The van der Waals surface area contributed by atoms with E-state index in [1.54, 1.807) is 30.3 Å². The maximum Gasteiger partial charge on any atom is 0.334 e. The molecule has 0 bridgehead atoms. The van der Waals surface area contributed by atoms with Crippen molar-refractivity contribution in [1.82, 2.24) is 10.2 Å². The number of benzene rings is 1. The molecule has 1 rings (SSSR count). The summed E-state index contributed by atoms with van der Waals surface area (Å²) in [7, 11) is 0. The first-order valence-electron chi connectivity index (χ1n) is 7.93. The van der Waals surface area contributed by atoms with Crippen molar-refractivity contribution in [2.75, 3.05) is 13.1 Å². The minimum absolute atomic E-state index is 0.0177. The molecule has 25 heavy (non-hydrogen) atoms. The fourth-order valence-corrected chi connectivity index (χ4v) is 2.26. The zero-order valence-corrected chi connectivity index (χ0v) is 14.3. The molecule has 0 aliphatic heterocycles. The van der Waals surface area contributed by atoms with Crippen LogP contribution in [0.25, 0.3) is 0 Å². The lowest BCUT2D eigenvalue weighted by Crippen LogP contribution is -2.52. The third-order valence-electron chi connectivity index (χ3n) is 3.43. The predicted molar refractivity (Wildman–Crippen MR) is 90.2 cm³/mol. The molecule has 0 saturated heterocycles. The zero-order valence-electron chi connectivity index (χ0n) is 14.3. The van der Waals surface area contributed by atoms with E-state index >= 15 is 0 Å². The Balaban J connectivity index is 2.82. The Hall–Kier alpha value is -2.61. The summed E-state index contributed by atoms with van der Waals surface area (Å²) in [6.07, 6.45) is -1.64. The maximum atomic E-state index is 12.4. The van der Waals surface area contributed by atoms with Gasteiger partial charge in [-0.15, -0.1) is 0 Å². The van der Waals surface area contributed by atoms with Gasteiger partial charge in [0.25, 0.3) is 0 Å². The fourth-order valence-electron chi connectivity index (χ4n) is 2.26. The summed E-state index contributed by atoms with van der Waals surface area (Å²) in [4.78, 5) is 35.8. The number of amides is 2. The molecule has 0 spiro atoms. The number of rotatable bonds is 9. The van der Waals surface area contributed by atoms with Crippen LogP contribution >= 0.6 is 0 Å². The van der Waals surface area contributed by atoms with Crippen molar-refractivity contribution in [3.05, 3.63) is 35.9 Å². The first-order chi connectivity index (χ1) is 11.7. The van der Waals surface area contributed by atoms with Gasteiger partial charge in [0.1, 0.15) is 6.04 Å². The van der Waals surface area contributed by atoms with Crippen LogP contribution < -0.4 is 5.32 Å². The average molecular weight is 352 g/mol. The third kappa shape index (κ3) is 7.21. The number of carboxylic acid groups (broad SMARTS) is 2. The molecule has 1 aromatic rings. The summed E-state index contributed by atoms with van der Waals surface area (Å²) in [6.45, 7) is 3.42. The molecule has 8 nitrogen and oxygen atoms in total. The predicted octanol–water partition coefficient (Wildman–Crippen LogP) is 0.795. The number of aliphatic carboxylic acids is 2. The van der Waals surface area contributed by atoms with Gasteiger partial charge >= 0.3 is 18.0 Å². The molecular formula is C17H24N2O6. The number of carbonyl (C=O) groups is 3. The lowest BCUT2D eigenvalue weighted by atomic mass is 10.1. The van der Waals surface area contributed by atoms with Gasteiger partial charge in [0.05, 0.1) is 6.54 Å². The molecular weight excluding hydrogens is 328 g/mol. The standard InChI is InChI=1S/C17H24N2O6/c1-11(2)9-19(10-14(20)16(23)24)17(25)18-13(15(21)22)8-12-6-4-3-5-7-12/h3-7,11,13-14,20H,8-10H2,1-2H3,(H,18,25)(H,21,22)(H,23,24)/t13-,14?/m0/s1. The Bertz CT molecular complexity index is 590. The Labute approximate surface area is 146 Å². The molecule has 4 N–H and O–H groups in total. The number of urea groups is 1. The molecule has 2 amide bonds. The molecule has 1 unspecified atom stereocenters. The van der Waals surface area contributed by atoms with Gasteiger partial charge in [-0.2, -0.15) is 0 Å². The monoisotopic (exact) mass is 352 g/mol. The molecule has 0 aromatic heterocycles. The van der Waals surface area contributed by atoms with Gasteiger partial charge in [0, 0.05) is 13.0 Å². The van der Waals surface area contributed by atoms with Gasteiger partial charge in [-0.1, -0.05) is 44.2 Å². The van der Waals surface area contributed by atoms with E-state index in [2.05, 4.69) is 5.32 Å². The van der Waals surface area contributed by atoms with Gasteiger partial charge in [-0.25, -0.2) is 14.4 Å². The lowest BCUT2D eigenvalue weighted by Gasteiger charge is -2.27. The van der Waals surface area contributed by atoms with Crippen molar-refractivity contribution < 1.29 is 29.7 Å². The van der Waals surface area contributed by atoms with Crippen LogP contribution in [-0.4, -0.2) is 63.4 Å². The lowest BCUT2D eigenvalue weighted by molar-refractivity contribution is -0.147. The highest BCUT2D eigenvalue weighted by molar-refractivity contribution is 5.83. The SMILES string of the molecule is CC(C)CN(CC(O)C(=O)O)C(=O)N[C@@H](Cc1ccccc1)C(=O)O. The minimum atomic E-state index is -1.73. The van der Waals surface area contributed by atoms with Crippen molar-refractivity contribution in [2.24, 2.45) is 5.92 Å². The second-order valence-corrected chi connectivity index (χ2v) is 6.18. The number of nitrogens with one attached hydrogen (secondary N) is 1. The number of aliphatic hydroxyl groups excluding tert-OH is 1. The third-order valence-corrected chi connectivity index (χ3v) is 3.43. The number of hydrogen-bond acceptors (Lipinski definition) is 4. The Kier molecular flexibility index (Phi) is 7.87. The van der Waals surface area contributed by atoms with Crippen LogP contribution in [0.1, 0.15) is 19.4 Å².